The average molecular weight is 174 g/mol. The molecule has 0 saturated carbocycles. The Morgan fingerprint density at radius 3 is 2.62 bits per heavy atom. The van der Waals surface area contributed by atoms with Crippen LogP contribution in [0.25, 0.3) is 5.57 Å². The van der Waals surface area contributed by atoms with Crippen LogP contribution in [-0.2, 0) is 7.05 Å². The maximum Gasteiger partial charge on any atom is 0.139 e. The Bertz CT molecular complexity index is 356. The van der Waals surface area contributed by atoms with Crippen molar-refractivity contribution in [3.63, 3.8) is 0 Å². The van der Waals surface area contributed by atoms with Crippen molar-refractivity contribution in [1.29, 1.82) is 0 Å². The van der Waals surface area contributed by atoms with Crippen molar-refractivity contribution >= 4 is 5.57 Å². The smallest absolute Gasteiger partial charge is 0.139 e. The molecule has 1 aromatic heterocycles. The van der Waals surface area contributed by atoms with E-state index >= 15 is 0 Å². The van der Waals surface area contributed by atoms with Crippen LogP contribution in [0.1, 0.15) is 11.5 Å². The van der Waals surface area contributed by atoms with Crippen LogP contribution in [0.3, 0.4) is 0 Å². The first kappa shape index (κ1) is 9.52. The Kier molecular flexibility index (Phi) is 2.85. The lowest BCUT2D eigenvalue weighted by Crippen LogP contribution is -1.93. The molecule has 0 spiro atoms. The molecule has 68 valence electrons. The standard InChI is InChI=1S/C11H14N2/c1-5-7-10(6-2)11-12-9(3)8-13(11)4/h5-8H,1-2H2,3-4H3/b10-7+. The Morgan fingerprint density at radius 2 is 2.23 bits per heavy atom. The summed E-state index contributed by atoms with van der Waals surface area (Å²) in [5.74, 6) is 0.924. The number of nitrogens with zero attached hydrogens (tertiary/aromatic N) is 2. The van der Waals surface area contributed by atoms with E-state index in [1.165, 1.54) is 0 Å². The number of aromatic nitrogens is 2. The molecule has 0 radical (unpaired) electrons. The largest absolute Gasteiger partial charge is 0.334 e. The van der Waals surface area contributed by atoms with Crippen molar-refractivity contribution in [1.82, 2.24) is 9.55 Å². The lowest BCUT2D eigenvalue weighted by molar-refractivity contribution is 0.892. The third kappa shape index (κ3) is 1.96. The monoisotopic (exact) mass is 174 g/mol. The van der Waals surface area contributed by atoms with E-state index in [1.54, 1.807) is 12.2 Å². The summed E-state index contributed by atoms with van der Waals surface area (Å²) in [6, 6.07) is 0. The van der Waals surface area contributed by atoms with Crippen LogP contribution in [0.2, 0.25) is 0 Å². The summed E-state index contributed by atoms with van der Waals surface area (Å²) in [4.78, 5) is 4.38. The molecule has 0 fully saturated rings. The Balaban J connectivity index is 3.18. The van der Waals surface area contributed by atoms with E-state index in [1.807, 2.05) is 30.8 Å². The maximum atomic E-state index is 4.38. The van der Waals surface area contributed by atoms with Crippen LogP contribution < -0.4 is 0 Å². The van der Waals surface area contributed by atoms with E-state index < -0.39 is 0 Å². The summed E-state index contributed by atoms with van der Waals surface area (Å²) in [6.45, 7) is 9.36. The minimum atomic E-state index is 0.924. The van der Waals surface area contributed by atoms with Gasteiger partial charge in [-0.1, -0.05) is 31.4 Å². The van der Waals surface area contributed by atoms with Gasteiger partial charge in [-0.2, -0.15) is 0 Å². The van der Waals surface area contributed by atoms with E-state index in [9.17, 15) is 0 Å². The fraction of sp³-hybridized carbons (Fsp3) is 0.182. The highest BCUT2D eigenvalue weighted by Gasteiger charge is 2.03. The van der Waals surface area contributed by atoms with E-state index in [4.69, 9.17) is 0 Å². The summed E-state index contributed by atoms with van der Waals surface area (Å²) in [5, 5.41) is 0. The fourth-order valence-electron chi connectivity index (χ4n) is 1.25. The van der Waals surface area contributed by atoms with Gasteiger partial charge in [-0.15, -0.1) is 0 Å². The maximum absolute atomic E-state index is 4.38. The van der Waals surface area contributed by atoms with Gasteiger partial charge in [0.25, 0.3) is 0 Å². The average Bonchev–Trinajstić information content (AvgIpc) is 2.41. The van der Waals surface area contributed by atoms with Gasteiger partial charge in [-0.05, 0) is 6.92 Å². The van der Waals surface area contributed by atoms with Gasteiger partial charge in [0.1, 0.15) is 5.82 Å². The SMILES string of the molecule is C=C/C=C(\C=C)c1nc(C)cn1C. The Hall–Kier alpha value is -1.57. The minimum absolute atomic E-state index is 0.924. The second kappa shape index (κ2) is 3.90. The highest BCUT2D eigenvalue weighted by Crippen LogP contribution is 2.13. The van der Waals surface area contributed by atoms with E-state index in [2.05, 4.69) is 18.1 Å². The lowest BCUT2D eigenvalue weighted by Gasteiger charge is -2.00. The fourth-order valence-corrected chi connectivity index (χ4v) is 1.25. The summed E-state index contributed by atoms with van der Waals surface area (Å²) in [5.41, 5.74) is 2.00. The second-order valence-electron chi connectivity index (χ2n) is 2.88. The number of rotatable bonds is 3. The number of hydrogen-bond acceptors (Lipinski definition) is 1. The third-order valence-electron chi connectivity index (χ3n) is 1.77. The molecule has 1 aromatic rings. The molecule has 13 heavy (non-hydrogen) atoms. The van der Waals surface area contributed by atoms with Crippen molar-refractivity contribution in [2.75, 3.05) is 0 Å². The molecule has 0 aromatic carbocycles. The normalized spacial score (nSPS) is 11.4. The Labute approximate surface area is 78.9 Å². The summed E-state index contributed by atoms with van der Waals surface area (Å²) < 4.78 is 1.98. The van der Waals surface area contributed by atoms with Crippen LogP contribution >= 0.6 is 0 Å². The molecular weight excluding hydrogens is 160 g/mol. The molecule has 1 heterocycles. The van der Waals surface area contributed by atoms with Gasteiger partial charge >= 0.3 is 0 Å². The molecule has 0 unspecified atom stereocenters. The molecule has 0 aliphatic rings. The van der Waals surface area contributed by atoms with Crippen molar-refractivity contribution in [3.05, 3.63) is 49.1 Å². The number of aryl methyl sites for hydroxylation is 2. The van der Waals surface area contributed by atoms with Crippen LogP contribution in [0.15, 0.2) is 37.6 Å². The van der Waals surface area contributed by atoms with Gasteiger partial charge in [0.05, 0.1) is 5.69 Å². The predicted molar refractivity (Wildman–Crippen MR) is 56.3 cm³/mol. The van der Waals surface area contributed by atoms with E-state index in [0.717, 1.165) is 17.1 Å². The van der Waals surface area contributed by atoms with Crippen LogP contribution in [-0.4, -0.2) is 9.55 Å². The first-order chi connectivity index (χ1) is 6.19. The van der Waals surface area contributed by atoms with Crippen LogP contribution in [0, 0.1) is 6.92 Å². The van der Waals surface area contributed by atoms with Gasteiger partial charge in [0, 0.05) is 18.8 Å². The molecule has 0 aliphatic carbocycles. The Morgan fingerprint density at radius 1 is 1.54 bits per heavy atom. The van der Waals surface area contributed by atoms with Crippen molar-refractivity contribution in [3.8, 4) is 0 Å². The number of imidazole rings is 1. The third-order valence-corrected chi connectivity index (χ3v) is 1.77. The highest BCUT2D eigenvalue weighted by molar-refractivity contribution is 5.70. The van der Waals surface area contributed by atoms with Gasteiger partial charge in [0.2, 0.25) is 0 Å². The molecule has 0 amide bonds. The molecule has 0 N–H and O–H groups in total. The van der Waals surface area contributed by atoms with Crippen LogP contribution in [0.5, 0.6) is 0 Å². The molecule has 0 bridgehead atoms. The van der Waals surface area contributed by atoms with E-state index in [0.29, 0.717) is 0 Å². The minimum Gasteiger partial charge on any atom is -0.334 e. The molecule has 0 atom stereocenters. The number of allylic oxidation sites excluding steroid dienone is 4. The molecule has 2 heteroatoms. The van der Waals surface area contributed by atoms with Gasteiger partial charge in [0.15, 0.2) is 0 Å². The zero-order valence-electron chi connectivity index (χ0n) is 8.12. The predicted octanol–water partition coefficient (Wildman–Crippen LogP) is 2.48. The first-order valence-electron chi connectivity index (χ1n) is 4.14. The first-order valence-corrected chi connectivity index (χ1v) is 4.14. The molecule has 0 saturated heterocycles. The summed E-state index contributed by atoms with van der Waals surface area (Å²) in [6.07, 6.45) is 7.40. The lowest BCUT2D eigenvalue weighted by atomic mass is 10.2. The second-order valence-corrected chi connectivity index (χ2v) is 2.88. The van der Waals surface area contributed by atoms with E-state index in [-0.39, 0.29) is 0 Å². The van der Waals surface area contributed by atoms with Crippen molar-refractivity contribution < 1.29 is 0 Å². The zero-order chi connectivity index (χ0) is 9.84. The number of hydrogen-bond donors (Lipinski definition) is 0. The van der Waals surface area contributed by atoms with Crippen LogP contribution in [0.4, 0.5) is 0 Å². The van der Waals surface area contributed by atoms with Crippen molar-refractivity contribution in [2.45, 2.75) is 6.92 Å². The quantitative estimate of drug-likeness (QED) is 0.644. The highest BCUT2D eigenvalue weighted by atomic mass is 15.0. The molecule has 2 nitrogen and oxygen atoms in total. The summed E-state index contributed by atoms with van der Waals surface area (Å²) in [7, 11) is 1.97. The molecule has 1 rings (SSSR count). The zero-order valence-corrected chi connectivity index (χ0v) is 8.12. The van der Waals surface area contributed by atoms with Crippen molar-refractivity contribution in [2.24, 2.45) is 7.05 Å². The van der Waals surface area contributed by atoms with Gasteiger partial charge in [-0.25, -0.2) is 4.98 Å². The topological polar surface area (TPSA) is 17.8 Å². The molecule has 0 aliphatic heterocycles. The summed E-state index contributed by atoms with van der Waals surface area (Å²) >= 11 is 0. The van der Waals surface area contributed by atoms with Gasteiger partial charge < -0.3 is 4.57 Å². The molecular formula is C11H14N2. The van der Waals surface area contributed by atoms with Gasteiger partial charge in [-0.3, -0.25) is 0 Å².